The zero-order valence-corrected chi connectivity index (χ0v) is 19.5. The van der Waals surface area contributed by atoms with E-state index in [1.54, 1.807) is 11.7 Å². The molecule has 0 aliphatic carbocycles. The Morgan fingerprint density at radius 1 is 0.556 bits per heavy atom. The molecule has 0 aliphatic heterocycles. The van der Waals surface area contributed by atoms with E-state index in [0.29, 0.717) is 0 Å². The molecule has 0 bridgehead atoms. The predicted molar refractivity (Wildman–Crippen MR) is 126 cm³/mol. The van der Waals surface area contributed by atoms with Crippen molar-refractivity contribution in [2.24, 2.45) is 0 Å². The van der Waals surface area contributed by atoms with Gasteiger partial charge in [-0.2, -0.15) is 0 Å². The van der Waals surface area contributed by atoms with Gasteiger partial charge >= 0.3 is 0 Å². The SMILES string of the molecule is CCCCCCCCCC[P+](CCCC)(CCCC)Cc1ccccc1.[OH-]. The molecule has 1 aromatic carbocycles. The van der Waals surface area contributed by atoms with E-state index < -0.39 is 7.26 Å². The molecule has 1 N–H and O–H groups in total. The Balaban J connectivity index is 0.00000676. The number of unbranched alkanes of at least 4 members (excludes halogenated alkanes) is 9. The standard InChI is InChI=1S/C25H46P.H2O/c1-4-7-10-11-12-13-14-18-23-26(21-8-5-2,22-9-6-3)24-25-19-16-15-17-20-25;/h15-17,19-20H,4-14,18,21-24H2,1-3H3;1H2/q+1;/p-1. The highest BCUT2D eigenvalue weighted by Gasteiger charge is 2.35. The van der Waals surface area contributed by atoms with Gasteiger partial charge in [0.2, 0.25) is 0 Å². The van der Waals surface area contributed by atoms with E-state index in [0.717, 1.165) is 0 Å². The summed E-state index contributed by atoms with van der Waals surface area (Å²) in [5.41, 5.74) is 1.60. The molecule has 2 heteroatoms. The summed E-state index contributed by atoms with van der Waals surface area (Å²) >= 11 is 0. The first-order chi connectivity index (χ1) is 12.8. The van der Waals surface area contributed by atoms with E-state index in [9.17, 15) is 0 Å². The monoisotopic (exact) mass is 394 g/mol. The van der Waals surface area contributed by atoms with Gasteiger partial charge in [0, 0.05) is 7.26 Å². The van der Waals surface area contributed by atoms with Gasteiger partial charge in [0.15, 0.2) is 0 Å². The van der Waals surface area contributed by atoms with E-state index in [1.807, 2.05) is 0 Å². The summed E-state index contributed by atoms with van der Waals surface area (Å²) in [5.74, 6) is 0. The second-order valence-electron chi connectivity index (χ2n) is 8.34. The van der Waals surface area contributed by atoms with Crippen LogP contribution >= 0.6 is 7.26 Å². The van der Waals surface area contributed by atoms with Crippen molar-refractivity contribution in [1.29, 1.82) is 0 Å². The van der Waals surface area contributed by atoms with Crippen molar-refractivity contribution in [3.05, 3.63) is 35.9 Å². The van der Waals surface area contributed by atoms with Gasteiger partial charge in [0.1, 0.15) is 0 Å². The van der Waals surface area contributed by atoms with Crippen LogP contribution in [0.1, 0.15) is 103 Å². The Bertz CT molecular complexity index is 410. The van der Waals surface area contributed by atoms with Crippen molar-refractivity contribution in [2.75, 3.05) is 18.5 Å². The fourth-order valence-corrected chi connectivity index (χ4v) is 9.11. The minimum absolute atomic E-state index is 0. The smallest absolute Gasteiger partial charge is 0.0842 e. The summed E-state index contributed by atoms with van der Waals surface area (Å²) in [4.78, 5) is 0. The molecule has 27 heavy (non-hydrogen) atoms. The highest BCUT2D eigenvalue weighted by atomic mass is 31.2. The van der Waals surface area contributed by atoms with Crippen molar-refractivity contribution >= 4 is 7.26 Å². The molecule has 0 fully saturated rings. The second kappa shape index (κ2) is 17.7. The number of benzene rings is 1. The van der Waals surface area contributed by atoms with Gasteiger partial charge in [0.25, 0.3) is 0 Å². The van der Waals surface area contributed by atoms with Gasteiger partial charge in [-0.05, 0) is 31.2 Å². The summed E-state index contributed by atoms with van der Waals surface area (Å²) < 4.78 is 0. The maximum atomic E-state index is 2.38. The third-order valence-corrected chi connectivity index (χ3v) is 10.6. The van der Waals surface area contributed by atoms with Crippen molar-refractivity contribution in [3.63, 3.8) is 0 Å². The van der Waals surface area contributed by atoms with E-state index in [-0.39, 0.29) is 5.48 Å². The van der Waals surface area contributed by atoms with Gasteiger partial charge in [-0.3, -0.25) is 0 Å². The first-order valence-corrected chi connectivity index (χ1v) is 14.2. The molecule has 0 unspecified atom stereocenters. The molecule has 1 nitrogen and oxygen atoms in total. The average molecular weight is 395 g/mol. The minimum Gasteiger partial charge on any atom is -0.870 e. The lowest BCUT2D eigenvalue weighted by atomic mass is 10.1. The normalized spacial score (nSPS) is 11.4. The quantitative estimate of drug-likeness (QED) is 0.192. The summed E-state index contributed by atoms with van der Waals surface area (Å²) in [6.45, 7) is 7.04. The molecule has 0 atom stereocenters. The van der Waals surface area contributed by atoms with Crippen LogP contribution < -0.4 is 0 Å². The van der Waals surface area contributed by atoms with Gasteiger partial charge in [-0.25, -0.2) is 0 Å². The summed E-state index contributed by atoms with van der Waals surface area (Å²) in [7, 11) is -0.817. The zero-order chi connectivity index (χ0) is 18.9. The summed E-state index contributed by atoms with van der Waals surface area (Å²) in [6.07, 6.45) is 23.3. The van der Waals surface area contributed by atoms with Crippen LogP contribution in [0.2, 0.25) is 0 Å². The molecule has 0 saturated heterocycles. The molecule has 1 aromatic rings. The molecule has 0 spiro atoms. The van der Waals surface area contributed by atoms with Crippen molar-refractivity contribution in [2.45, 2.75) is 104 Å². The van der Waals surface area contributed by atoms with Crippen LogP contribution in [0.5, 0.6) is 0 Å². The van der Waals surface area contributed by atoms with Gasteiger partial charge in [0.05, 0.1) is 24.6 Å². The lowest BCUT2D eigenvalue weighted by molar-refractivity contribution is 0.585. The van der Waals surface area contributed by atoms with Crippen LogP contribution in [-0.2, 0) is 6.16 Å². The fourth-order valence-electron chi connectivity index (χ4n) is 4.11. The minimum atomic E-state index is -0.817. The van der Waals surface area contributed by atoms with Crippen molar-refractivity contribution in [3.8, 4) is 0 Å². The van der Waals surface area contributed by atoms with Gasteiger partial charge in [-0.15, -0.1) is 0 Å². The van der Waals surface area contributed by atoms with Crippen molar-refractivity contribution in [1.82, 2.24) is 0 Å². The lowest BCUT2D eigenvalue weighted by Crippen LogP contribution is -2.11. The molecule has 0 saturated carbocycles. The highest BCUT2D eigenvalue weighted by Crippen LogP contribution is 2.63. The first-order valence-electron chi connectivity index (χ1n) is 11.7. The third-order valence-electron chi connectivity index (χ3n) is 5.82. The molecule has 0 aliphatic rings. The maximum absolute atomic E-state index is 2.38. The number of hydrogen-bond acceptors (Lipinski definition) is 1. The van der Waals surface area contributed by atoms with Crippen LogP contribution in [0.4, 0.5) is 0 Å². The molecule has 1 rings (SSSR count). The third kappa shape index (κ3) is 12.6. The van der Waals surface area contributed by atoms with Gasteiger partial charge < -0.3 is 5.48 Å². The average Bonchev–Trinajstić information content (AvgIpc) is 2.67. The first kappa shape index (κ1) is 26.6. The molecule has 0 aromatic heterocycles. The largest absolute Gasteiger partial charge is 0.870 e. The van der Waals surface area contributed by atoms with Crippen LogP contribution in [0.15, 0.2) is 30.3 Å². The van der Waals surface area contributed by atoms with Crippen LogP contribution in [0.25, 0.3) is 0 Å². The summed E-state index contributed by atoms with van der Waals surface area (Å²) in [5, 5.41) is 0. The van der Waals surface area contributed by atoms with E-state index in [1.165, 1.54) is 95.5 Å². The number of hydrogen-bond donors (Lipinski definition) is 0. The topological polar surface area (TPSA) is 30.0 Å². The number of rotatable bonds is 17. The zero-order valence-electron chi connectivity index (χ0n) is 18.6. The van der Waals surface area contributed by atoms with Crippen LogP contribution in [0.3, 0.4) is 0 Å². The van der Waals surface area contributed by atoms with Crippen LogP contribution in [-0.4, -0.2) is 24.0 Å². The molecular formula is C25H47OP. The summed E-state index contributed by atoms with van der Waals surface area (Å²) in [6, 6.07) is 11.4. The highest BCUT2D eigenvalue weighted by molar-refractivity contribution is 7.75. The second-order valence-corrected chi connectivity index (χ2v) is 12.7. The van der Waals surface area contributed by atoms with E-state index in [4.69, 9.17) is 0 Å². The Hall–Kier alpha value is -0.390. The molecule has 158 valence electrons. The van der Waals surface area contributed by atoms with E-state index >= 15 is 0 Å². The Morgan fingerprint density at radius 3 is 1.52 bits per heavy atom. The Labute approximate surface area is 171 Å². The Morgan fingerprint density at radius 2 is 1.00 bits per heavy atom. The maximum Gasteiger partial charge on any atom is 0.0842 e. The van der Waals surface area contributed by atoms with E-state index in [2.05, 4.69) is 51.1 Å². The fraction of sp³-hybridized carbons (Fsp3) is 0.760. The molecule has 0 heterocycles. The molecular weight excluding hydrogens is 347 g/mol. The lowest BCUT2D eigenvalue weighted by Gasteiger charge is -2.28. The predicted octanol–water partition coefficient (Wildman–Crippen LogP) is 8.77. The Kier molecular flexibility index (Phi) is 17.4. The molecule has 0 radical (unpaired) electrons. The van der Waals surface area contributed by atoms with Gasteiger partial charge in [-0.1, -0.05) is 102 Å². The molecule has 0 amide bonds. The van der Waals surface area contributed by atoms with Crippen LogP contribution in [0, 0.1) is 0 Å². The van der Waals surface area contributed by atoms with Crippen molar-refractivity contribution < 1.29 is 5.48 Å².